The lowest BCUT2D eigenvalue weighted by Crippen LogP contribution is -2.62. The number of urea groups is 1. The first-order valence-electron chi connectivity index (χ1n) is 7.04. The molecular weight excluding hydrogens is 274 g/mol. The Morgan fingerprint density at radius 3 is 2.48 bits per heavy atom. The van der Waals surface area contributed by atoms with E-state index in [1.165, 1.54) is 0 Å². The van der Waals surface area contributed by atoms with Crippen LogP contribution in [0.2, 0.25) is 0 Å². The predicted molar refractivity (Wildman–Crippen MR) is 71.0 cm³/mol. The van der Waals surface area contributed by atoms with E-state index in [0.29, 0.717) is 24.5 Å². The Morgan fingerprint density at radius 1 is 1.24 bits per heavy atom. The fourth-order valence-corrected chi connectivity index (χ4v) is 3.04. The monoisotopic (exact) mass is 291 g/mol. The van der Waals surface area contributed by atoms with Gasteiger partial charge in [0.2, 0.25) is 17.7 Å². The van der Waals surface area contributed by atoms with Crippen molar-refractivity contribution < 1.29 is 18.8 Å². The lowest BCUT2D eigenvalue weighted by Gasteiger charge is -2.36. The van der Waals surface area contributed by atoms with Crippen LogP contribution in [-0.2, 0) is 16.1 Å². The molecule has 3 rings (SSSR count). The summed E-state index contributed by atoms with van der Waals surface area (Å²) < 4.78 is 5.42. The number of aromatic nitrogens is 1. The van der Waals surface area contributed by atoms with Crippen LogP contribution >= 0.6 is 0 Å². The molecule has 7 nitrogen and oxygen atoms in total. The van der Waals surface area contributed by atoms with Crippen LogP contribution in [0.4, 0.5) is 4.79 Å². The Balaban J connectivity index is 1.88. The molecule has 1 aromatic heterocycles. The number of carbonyl (C=O) groups excluding carboxylic acids is 3. The summed E-state index contributed by atoms with van der Waals surface area (Å²) in [4.78, 5) is 41.9. The van der Waals surface area contributed by atoms with Crippen LogP contribution in [0, 0.1) is 19.3 Å². The number of imide groups is 2. The van der Waals surface area contributed by atoms with Crippen molar-refractivity contribution >= 4 is 17.8 Å². The standard InChI is InChI=1S/C14H17N3O4/c1-8-9(2)21-10(15-8)7-17-12(19)14(5-3-4-6-14)11(18)16-13(17)20/h3-7H2,1-2H3,(H,16,18,20). The fourth-order valence-electron chi connectivity index (χ4n) is 3.04. The second-order valence-corrected chi connectivity index (χ2v) is 5.69. The minimum atomic E-state index is -1.08. The highest BCUT2D eigenvalue weighted by atomic mass is 16.4. The van der Waals surface area contributed by atoms with Crippen LogP contribution in [0.15, 0.2) is 4.42 Å². The Kier molecular flexibility index (Phi) is 3.07. The maximum atomic E-state index is 12.6. The summed E-state index contributed by atoms with van der Waals surface area (Å²) in [6, 6.07) is -0.698. The van der Waals surface area contributed by atoms with Crippen LogP contribution in [-0.4, -0.2) is 27.7 Å². The molecule has 1 aromatic rings. The van der Waals surface area contributed by atoms with Gasteiger partial charge in [-0.05, 0) is 26.7 Å². The second-order valence-electron chi connectivity index (χ2n) is 5.69. The second kappa shape index (κ2) is 4.68. The van der Waals surface area contributed by atoms with Gasteiger partial charge in [-0.15, -0.1) is 0 Å². The SMILES string of the molecule is Cc1nc(CN2C(=O)NC(=O)C3(CCCC3)C2=O)oc1C. The molecule has 1 aliphatic carbocycles. The van der Waals surface area contributed by atoms with Crippen LogP contribution in [0.25, 0.3) is 0 Å². The van der Waals surface area contributed by atoms with Gasteiger partial charge in [0.1, 0.15) is 17.7 Å². The van der Waals surface area contributed by atoms with E-state index in [4.69, 9.17) is 4.42 Å². The average Bonchev–Trinajstić information content (AvgIpc) is 3.02. The molecule has 0 aromatic carbocycles. The average molecular weight is 291 g/mol. The van der Waals surface area contributed by atoms with E-state index in [0.717, 1.165) is 23.4 Å². The van der Waals surface area contributed by atoms with E-state index in [9.17, 15) is 14.4 Å². The van der Waals surface area contributed by atoms with Crippen molar-refractivity contribution in [3.8, 4) is 0 Å². The zero-order chi connectivity index (χ0) is 15.2. The van der Waals surface area contributed by atoms with Crippen molar-refractivity contribution in [2.75, 3.05) is 0 Å². The van der Waals surface area contributed by atoms with Gasteiger partial charge < -0.3 is 4.42 Å². The van der Waals surface area contributed by atoms with E-state index in [1.54, 1.807) is 13.8 Å². The third kappa shape index (κ3) is 2.03. The molecule has 1 spiro atoms. The van der Waals surface area contributed by atoms with E-state index in [-0.39, 0.29) is 6.54 Å². The van der Waals surface area contributed by atoms with Gasteiger partial charge in [0.25, 0.3) is 0 Å². The highest BCUT2D eigenvalue weighted by Gasteiger charge is 2.55. The molecule has 2 aliphatic rings. The Bertz CT molecular complexity index is 609. The summed E-state index contributed by atoms with van der Waals surface area (Å²) in [6.07, 6.45) is 2.62. The third-order valence-corrected chi connectivity index (χ3v) is 4.38. The molecule has 4 amide bonds. The zero-order valence-electron chi connectivity index (χ0n) is 12.1. The minimum absolute atomic E-state index is 0.0472. The fraction of sp³-hybridized carbons (Fsp3) is 0.571. The van der Waals surface area contributed by atoms with Gasteiger partial charge in [0.05, 0.1) is 5.69 Å². The Labute approximate surface area is 121 Å². The van der Waals surface area contributed by atoms with Gasteiger partial charge in [-0.3, -0.25) is 19.8 Å². The molecule has 1 N–H and O–H groups in total. The maximum Gasteiger partial charge on any atom is 0.331 e. The largest absolute Gasteiger partial charge is 0.444 e. The van der Waals surface area contributed by atoms with Gasteiger partial charge in [-0.25, -0.2) is 9.78 Å². The van der Waals surface area contributed by atoms with Crippen LogP contribution in [0.3, 0.4) is 0 Å². The van der Waals surface area contributed by atoms with Crippen LogP contribution < -0.4 is 5.32 Å². The lowest BCUT2D eigenvalue weighted by molar-refractivity contribution is -0.151. The number of nitrogens with zero attached hydrogens (tertiary/aromatic N) is 2. The molecule has 21 heavy (non-hydrogen) atoms. The van der Waals surface area contributed by atoms with Crippen LogP contribution in [0.1, 0.15) is 43.0 Å². The van der Waals surface area contributed by atoms with E-state index in [1.807, 2.05) is 0 Å². The van der Waals surface area contributed by atoms with Crippen molar-refractivity contribution in [3.05, 3.63) is 17.3 Å². The molecular formula is C14H17N3O4. The normalized spacial score (nSPS) is 21.2. The lowest BCUT2D eigenvalue weighted by atomic mass is 9.82. The first-order valence-corrected chi connectivity index (χ1v) is 7.04. The van der Waals surface area contributed by atoms with Gasteiger partial charge in [-0.1, -0.05) is 12.8 Å². The number of barbiturate groups is 1. The zero-order valence-corrected chi connectivity index (χ0v) is 12.1. The van der Waals surface area contributed by atoms with Gasteiger partial charge >= 0.3 is 6.03 Å². The number of nitrogens with one attached hydrogen (secondary N) is 1. The first-order chi connectivity index (χ1) is 9.94. The predicted octanol–water partition coefficient (Wildman–Crippen LogP) is 1.43. The van der Waals surface area contributed by atoms with E-state index < -0.39 is 23.3 Å². The van der Waals surface area contributed by atoms with Gasteiger partial charge in [0, 0.05) is 0 Å². The highest BCUT2D eigenvalue weighted by molar-refractivity contribution is 6.19. The van der Waals surface area contributed by atoms with E-state index in [2.05, 4.69) is 10.3 Å². The number of aryl methyl sites for hydroxylation is 2. The Hall–Kier alpha value is -2.18. The molecule has 0 atom stereocenters. The number of carbonyl (C=O) groups is 3. The molecule has 1 aliphatic heterocycles. The third-order valence-electron chi connectivity index (χ3n) is 4.38. The molecule has 112 valence electrons. The summed E-state index contributed by atoms with van der Waals surface area (Å²) in [7, 11) is 0. The molecule has 1 saturated heterocycles. The number of amides is 4. The number of hydrogen-bond acceptors (Lipinski definition) is 5. The summed E-state index contributed by atoms with van der Waals surface area (Å²) in [5, 5.41) is 2.29. The number of oxazole rings is 1. The van der Waals surface area contributed by atoms with Crippen molar-refractivity contribution in [3.63, 3.8) is 0 Å². The van der Waals surface area contributed by atoms with Crippen molar-refractivity contribution in [1.29, 1.82) is 0 Å². The van der Waals surface area contributed by atoms with Crippen LogP contribution in [0.5, 0.6) is 0 Å². The minimum Gasteiger partial charge on any atom is -0.444 e. The maximum absolute atomic E-state index is 12.6. The summed E-state index contributed by atoms with van der Waals surface area (Å²) >= 11 is 0. The molecule has 2 fully saturated rings. The number of hydrogen-bond donors (Lipinski definition) is 1. The molecule has 0 unspecified atom stereocenters. The topological polar surface area (TPSA) is 92.5 Å². The molecule has 0 bridgehead atoms. The molecule has 0 radical (unpaired) electrons. The highest BCUT2D eigenvalue weighted by Crippen LogP contribution is 2.42. The molecule has 1 saturated carbocycles. The van der Waals surface area contributed by atoms with Crippen molar-refractivity contribution in [2.24, 2.45) is 5.41 Å². The van der Waals surface area contributed by atoms with Crippen molar-refractivity contribution in [1.82, 2.24) is 15.2 Å². The quantitative estimate of drug-likeness (QED) is 0.832. The summed E-state index contributed by atoms with van der Waals surface area (Å²) in [6.45, 7) is 3.52. The van der Waals surface area contributed by atoms with E-state index >= 15 is 0 Å². The molecule has 7 heteroatoms. The smallest absolute Gasteiger partial charge is 0.331 e. The summed E-state index contributed by atoms with van der Waals surface area (Å²) in [5.74, 6) is 0.0609. The van der Waals surface area contributed by atoms with Gasteiger partial charge in [-0.2, -0.15) is 0 Å². The van der Waals surface area contributed by atoms with Gasteiger partial charge in [0.15, 0.2) is 0 Å². The first kappa shape index (κ1) is 13.8. The van der Waals surface area contributed by atoms with Crippen molar-refractivity contribution in [2.45, 2.75) is 46.1 Å². The molecule has 2 heterocycles. The summed E-state index contributed by atoms with van der Waals surface area (Å²) in [5.41, 5.74) is -0.355. The number of rotatable bonds is 2. The Morgan fingerprint density at radius 2 is 1.90 bits per heavy atom.